The summed E-state index contributed by atoms with van der Waals surface area (Å²) in [6, 6.07) is 6.91. The Morgan fingerprint density at radius 1 is 1.33 bits per heavy atom. The summed E-state index contributed by atoms with van der Waals surface area (Å²) in [5, 5.41) is 0. The van der Waals surface area contributed by atoms with Crippen LogP contribution >= 0.6 is 0 Å². The van der Waals surface area contributed by atoms with E-state index in [1.807, 2.05) is 12.1 Å². The smallest absolute Gasteiger partial charge is 0.126 e. The van der Waals surface area contributed by atoms with Gasteiger partial charge in [0.25, 0.3) is 0 Å². The largest absolute Gasteiger partial charge is 0.303 e. The zero-order valence-electron chi connectivity index (χ0n) is 8.45. The summed E-state index contributed by atoms with van der Waals surface area (Å²) >= 11 is 0. The topological polar surface area (TPSA) is 17.1 Å². The molecule has 78 valence electrons. The van der Waals surface area contributed by atoms with Gasteiger partial charge in [0.05, 0.1) is 0 Å². The second kappa shape index (κ2) is 2.91. The van der Waals surface area contributed by atoms with Crippen molar-refractivity contribution in [1.29, 1.82) is 0 Å². The minimum atomic E-state index is -0.145. The van der Waals surface area contributed by atoms with Crippen molar-refractivity contribution in [3.8, 4) is 0 Å². The predicted molar refractivity (Wildman–Crippen MR) is 55.0 cm³/mol. The minimum Gasteiger partial charge on any atom is -0.303 e. The molecule has 2 heteroatoms. The van der Waals surface area contributed by atoms with E-state index in [1.165, 1.54) is 6.07 Å². The first-order valence-corrected chi connectivity index (χ1v) is 5.49. The maximum atomic E-state index is 13.7. The van der Waals surface area contributed by atoms with Gasteiger partial charge in [-0.3, -0.25) is 0 Å². The zero-order chi connectivity index (χ0) is 10.5. The number of hydrogen-bond acceptors (Lipinski definition) is 1. The van der Waals surface area contributed by atoms with Crippen LogP contribution < -0.4 is 0 Å². The van der Waals surface area contributed by atoms with E-state index in [0.29, 0.717) is 5.92 Å². The average molecular weight is 204 g/mol. The highest BCUT2D eigenvalue weighted by molar-refractivity contribution is 5.65. The molecule has 0 heterocycles. The molecule has 1 nitrogen and oxygen atoms in total. The lowest BCUT2D eigenvalue weighted by Crippen LogP contribution is -2.15. The van der Waals surface area contributed by atoms with E-state index in [1.54, 1.807) is 6.07 Å². The van der Waals surface area contributed by atoms with Crippen LogP contribution in [0.4, 0.5) is 4.39 Å². The fourth-order valence-electron chi connectivity index (χ4n) is 2.91. The third kappa shape index (κ3) is 1.17. The van der Waals surface area contributed by atoms with E-state index < -0.39 is 0 Å². The molecule has 15 heavy (non-hydrogen) atoms. The van der Waals surface area contributed by atoms with E-state index in [-0.39, 0.29) is 17.2 Å². The molecule has 2 unspecified atom stereocenters. The summed E-state index contributed by atoms with van der Waals surface area (Å²) in [7, 11) is 0. The lowest BCUT2D eigenvalue weighted by Gasteiger charge is -2.16. The van der Waals surface area contributed by atoms with Crippen LogP contribution in [-0.2, 0) is 10.2 Å². The van der Waals surface area contributed by atoms with Crippen LogP contribution in [0.5, 0.6) is 0 Å². The van der Waals surface area contributed by atoms with Crippen LogP contribution in [0.2, 0.25) is 0 Å². The number of aldehydes is 1. The van der Waals surface area contributed by atoms with Gasteiger partial charge >= 0.3 is 0 Å². The Labute approximate surface area is 88.3 Å². The molecule has 0 N–H and O–H groups in total. The summed E-state index contributed by atoms with van der Waals surface area (Å²) < 4.78 is 13.7. The zero-order valence-corrected chi connectivity index (χ0v) is 8.45. The van der Waals surface area contributed by atoms with Crippen molar-refractivity contribution in [2.75, 3.05) is 0 Å². The molecule has 2 aliphatic carbocycles. The van der Waals surface area contributed by atoms with Crippen LogP contribution in [0.15, 0.2) is 24.3 Å². The summed E-state index contributed by atoms with van der Waals surface area (Å²) in [6.07, 6.45) is 4.16. The molecular formula is C13H13FO. The molecule has 0 bridgehead atoms. The molecule has 3 rings (SSSR count). The molecule has 1 aromatic carbocycles. The van der Waals surface area contributed by atoms with Gasteiger partial charge in [0.1, 0.15) is 12.1 Å². The molecule has 2 atom stereocenters. The number of hydrogen-bond donors (Lipinski definition) is 0. The minimum absolute atomic E-state index is 0.0573. The Bertz CT molecular complexity index is 411. The van der Waals surface area contributed by atoms with Crippen molar-refractivity contribution in [2.24, 2.45) is 11.8 Å². The van der Waals surface area contributed by atoms with Gasteiger partial charge < -0.3 is 4.79 Å². The van der Waals surface area contributed by atoms with Crippen LogP contribution in [0.25, 0.3) is 0 Å². The molecule has 2 saturated carbocycles. The van der Waals surface area contributed by atoms with Crippen LogP contribution in [-0.4, -0.2) is 6.29 Å². The van der Waals surface area contributed by atoms with Crippen molar-refractivity contribution < 1.29 is 9.18 Å². The van der Waals surface area contributed by atoms with Crippen molar-refractivity contribution in [2.45, 2.75) is 24.7 Å². The van der Waals surface area contributed by atoms with Gasteiger partial charge in [-0.1, -0.05) is 18.2 Å². The van der Waals surface area contributed by atoms with Gasteiger partial charge in [-0.25, -0.2) is 4.39 Å². The van der Waals surface area contributed by atoms with Crippen LogP contribution in [0.1, 0.15) is 24.8 Å². The van der Waals surface area contributed by atoms with Crippen LogP contribution in [0, 0.1) is 17.7 Å². The molecule has 0 aromatic heterocycles. The van der Waals surface area contributed by atoms with E-state index in [2.05, 4.69) is 0 Å². The highest BCUT2D eigenvalue weighted by atomic mass is 19.1. The van der Waals surface area contributed by atoms with Gasteiger partial charge in [0, 0.05) is 11.3 Å². The van der Waals surface area contributed by atoms with E-state index in [0.717, 1.165) is 31.1 Å². The lowest BCUT2D eigenvalue weighted by atomic mass is 9.88. The Morgan fingerprint density at radius 2 is 2.07 bits per heavy atom. The molecule has 0 aliphatic heterocycles. The number of carbonyl (C=O) groups is 1. The Kier molecular flexibility index (Phi) is 1.76. The lowest BCUT2D eigenvalue weighted by molar-refractivity contribution is -0.109. The first-order chi connectivity index (χ1) is 7.29. The predicted octanol–water partition coefficient (Wildman–Crippen LogP) is 2.69. The normalized spacial score (nSPS) is 33.8. The fraction of sp³-hybridized carbons (Fsp3) is 0.462. The summed E-state index contributed by atoms with van der Waals surface area (Å²) in [4.78, 5) is 10.9. The molecule has 0 saturated heterocycles. The highest BCUT2D eigenvalue weighted by Gasteiger charge is 2.63. The Hall–Kier alpha value is -1.18. The number of rotatable bonds is 3. The summed E-state index contributed by atoms with van der Waals surface area (Å²) in [5.74, 6) is 0.459. The van der Waals surface area contributed by atoms with E-state index in [9.17, 15) is 9.18 Å². The van der Waals surface area contributed by atoms with Gasteiger partial charge in [-0.15, -0.1) is 0 Å². The number of benzene rings is 1. The first kappa shape index (κ1) is 9.08. The molecular weight excluding hydrogens is 191 g/mol. The second-order valence-corrected chi connectivity index (χ2v) is 4.74. The van der Waals surface area contributed by atoms with Crippen molar-refractivity contribution in [3.63, 3.8) is 0 Å². The van der Waals surface area contributed by atoms with Gasteiger partial charge in [-0.2, -0.15) is 0 Å². The van der Waals surface area contributed by atoms with Crippen molar-refractivity contribution in [3.05, 3.63) is 35.6 Å². The third-order valence-corrected chi connectivity index (χ3v) is 3.90. The van der Waals surface area contributed by atoms with Gasteiger partial charge in [0.15, 0.2) is 0 Å². The molecule has 0 radical (unpaired) electrons. The standard InChI is InChI=1S/C13H13FO/c14-12-4-2-1-3-11(12)13(9-5-6-9)7-10(13)8-15/h1-4,8-10H,5-7H2. The molecule has 0 amide bonds. The summed E-state index contributed by atoms with van der Waals surface area (Å²) in [5.41, 5.74) is 0.636. The van der Waals surface area contributed by atoms with Crippen molar-refractivity contribution >= 4 is 6.29 Å². The summed E-state index contributed by atoms with van der Waals surface area (Å²) in [6.45, 7) is 0. The quantitative estimate of drug-likeness (QED) is 0.692. The van der Waals surface area contributed by atoms with Gasteiger partial charge in [0.2, 0.25) is 0 Å². The van der Waals surface area contributed by atoms with Gasteiger partial charge in [-0.05, 0) is 36.8 Å². The van der Waals surface area contributed by atoms with Crippen molar-refractivity contribution in [1.82, 2.24) is 0 Å². The number of carbonyl (C=O) groups excluding carboxylic acids is 1. The Balaban J connectivity index is 2.04. The third-order valence-electron chi connectivity index (χ3n) is 3.90. The number of halogens is 1. The average Bonchev–Trinajstić information content (AvgIpc) is 3.12. The van der Waals surface area contributed by atoms with E-state index in [4.69, 9.17) is 0 Å². The Morgan fingerprint density at radius 3 is 2.60 bits per heavy atom. The molecule has 0 spiro atoms. The first-order valence-electron chi connectivity index (χ1n) is 5.49. The molecule has 2 aliphatic rings. The molecule has 1 aromatic rings. The van der Waals surface area contributed by atoms with E-state index >= 15 is 0 Å². The second-order valence-electron chi connectivity index (χ2n) is 4.74. The van der Waals surface area contributed by atoms with Crippen LogP contribution in [0.3, 0.4) is 0 Å². The molecule has 2 fully saturated rings. The SMILES string of the molecule is O=CC1CC1(c1ccccc1F)C1CC1. The fourth-order valence-corrected chi connectivity index (χ4v) is 2.91. The highest BCUT2D eigenvalue weighted by Crippen LogP contribution is 2.65. The maximum Gasteiger partial charge on any atom is 0.126 e. The monoisotopic (exact) mass is 204 g/mol. The maximum absolute atomic E-state index is 13.7.